The lowest BCUT2D eigenvalue weighted by molar-refractivity contribution is -0.145. The zero-order valence-electron chi connectivity index (χ0n) is 15.5. The van der Waals surface area contributed by atoms with Gasteiger partial charge in [-0.2, -0.15) is 5.26 Å². The number of nitriles is 1. The normalized spacial score (nSPS) is 10.7. The number of nitrogens with zero attached hydrogens (tertiary/aromatic N) is 3. The van der Waals surface area contributed by atoms with Gasteiger partial charge in [0.05, 0.1) is 5.69 Å². The van der Waals surface area contributed by atoms with Crippen LogP contribution in [0.1, 0.15) is 40.1 Å². The van der Waals surface area contributed by atoms with Gasteiger partial charge >= 0.3 is 5.97 Å². The Balaban J connectivity index is 1.63. The predicted molar refractivity (Wildman–Crippen MR) is 99.3 cm³/mol. The second-order valence-corrected chi connectivity index (χ2v) is 6.53. The minimum Gasteiger partial charge on any atom is -0.459 e. The van der Waals surface area contributed by atoms with E-state index in [1.807, 2.05) is 41.9 Å². The fraction of sp³-hybridized carbons (Fsp3) is 0.300. The Bertz CT molecular complexity index is 1120. The molecule has 3 aromatic heterocycles. The van der Waals surface area contributed by atoms with E-state index in [4.69, 9.17) is 10.00 Å². The van der Waals surface area contributed by atoms with Crippen LogP contribution < -0.4 is 5.56 Å². The molecule has 0 atom stereocenters. The van der Waals surface area contributed by atoms with E-state index in [1.54, 1.807) is 13.8 Å². The Morgan fingerprint density at radius 1 is 1.30 bits per heavy atom. The van der Waals surface area contributed by atoms with Gasteiger partial charge in [0.1, 0.15) is 23.9 Å². The van der Waals surface area contributed by atoms with Gasteiger partial charge in [0.15, 0.2) is 0 Å². The number of fused-ring (bicyclic) bond motifs is 1. The minimum absolute atomic E-state index is 0.0870. The topological polar surface area (TPSA) is 100 Å². The molecule has 0 spiro atoms. The number of aromatic nitrogens is 3. The summed E-state index contributed by atoms with van der Waals surface area (Å²) in [6.07, 6.45) is 4.35. The molecule has 27 heavy (non-hydrogen) atoms. The number of pyridine rings is 2. The first-order chi connectivity index (χ1) is 12.9. The molecule has 0 saturated heterocycles. The Labute approximate surface area is 156 Å². The number of H-pyrrole nitrogens is 1. The summed E-state index contributed by atoms with van der Waals surface area (Å²) in [5.74, 6) is -0.355. The van der Waals surface area contributed by atoms with Crippen molar-refractivity contribution in [1.82, 2.24) is 14.4 Å². The van der Waals surface area contributed by atoms with E-state index in [9.17, 15) is 9.59 Å². The molecule has 0 radical (unpaired) electrons. The average molecular weight is 364 g/mol. The number of hydrogen-bond donors (Lipinski definition) is 1. The molecule has 0 aliphatic rings. The number of aryl methyl sites for hydroxylation is 2. The number of carbonyl (C=O) groups is 1. The highest BCUT2D eigenvalue weighted by Crippen LogP contribution is 2.15. The van der Waals surface area contributed by atoms with Crippen molar-refractivity contribution in [1.29, 1.82) is 5.26 Å². The smallest absolute Gasteiger partial charge is 0.306 e. The number of carbonyl (C=O) groups excluding carboxylic acids is 1. The van der Waals surface area contributed by atoms with E-state index in [1.165, 1.54) is 0 Å². The van der Waals surface area contributed by atoms with E-state index in [0.29, 0.717) is 23.4 Å². The number of imidazole rings is 1. The lowest BCUT2D eigenvalue weighted by atomic mass is 9.99. The fourth-order valence-electron chi connectivity index (χ4n) is 3.10. The van der Waals surface area contributed by atoms with Crippen LogP contribution in [0.3, 0.4) is 0 Å². The van der Waals surface area contributed by atoms with E-state index >= 15 is 0 Å². The van der Waals surface area contributed by atoms with Crippen LogP contribution in [0.2, 0.25) is 0 Å². The molecule has 0 amide bonds. The van der Waals surface area contributed by atoms with Crippen LogP contribution in [0.25, 0.3) is 5.65 Å². The van der Waals surface area contributed by atoms with Gasteiger partial charge in [-0.25, -0.2) is 4.98 Å². The zero-order valence-corrected chi connectivity index (χ0v) is 15.5. The quantitative estimate of drug-likeness (QED) is 0.701. The van der Waals surface area contributed by atoms with Crippen LogP contribution in [0.4, 0.5) is 0 Å². The zero-order chi connectivity index (χ0) is 19.6. The highest BCUT2D eigenvalue weighted by atomic mass is 16.5. The van der Waals surface area contributed by atoms with Crippen molar-refractivity contribution in [3.8, 4) is 6.07 Å². The summed E-state index contributed by atoms with van der Waals surface area (Å²) in [4.78, 5) is 30.9. The number of esters is 1. The summed E-state index contributed by atoms with van der Waals surface area (Å²) in [5, 5.41) is 9.11. The highest BCUT2D eigenvalue weighted by molar-refractivity contribution is 5.70. The number of aromatic amines is 1. The van der Waals surface area contributed by atoms with Gasteiger partial charge in [0, 0.05) is 24.5 Å². The first kappa shape index (κ1) is 18.4. The van der Waals surface area contributed by atoms with Crippen LogP contribution in [0.5, 0.6) is 0 Å². The van der Waals surface area contributed by atoms with Gasteiger partial charge in [0.2, 0.25) is 0 Å². The molecular formula is C20H20N4O3. The van der Waals surface area contributed by atoms with Crippen molar-refractivity contribution >= 4 is 11.6 Å². The van der Waals surface area contributed by atoms with Crippen LogP contribution in [-0.2, 0) is 22.6 Å². The molecule has 3 rings (SSSR count). The second kappa shape index (κ2) is 7.46. The van der Waals surface area contributed by atoms with Crippen LogP contribution >= 0.6 is 0 Å². The number of hydrogen-bond acceptors (Lipinski definition) is 5. The maximum Gasteiger partial charge on any atom is 0.306 e. The van der Waals surface area contributed by atoms with E-state index in [2.05, 4.69) is 9.97 Å². The lowest BCUT2D eigenvalue weighted by Crippen LogP contribution is -2.17. The van der Waals surface area contributed by atoms with Crippen LogP contribution in [0, 0.1) is 32.1 Å². The molecule has 0 aliphatic carbocycles. The second-order valence-electron chi connectivity index (χ2n) is 6.53. The van der Waals surface area contributed by atoms with Crippen molar-refractivity contribution < 1.29 is 9.53 Å². The molecule has 1 N–H and O–H groups in total. The number of nitrogens with one attached hydrogen (secondary N) is 1. The van der Waals surface area contributed by atoms with E-state index in [0.717, 1.165) is 16.8 Å². The monoisotopic (exact) mass is 364 g/mol. The first-order valence-corrected chi connectivity index (χ1v) is 8.61. The van der Waals surface area contributed by atoms with Crippen LogP contribution in [0.15, 0.2) is 29.3 Å². The molecule has 0 unspecified atom stereocenters. The van der Waals surface area contributed by atoms with Crippen molar-refractivity contribution in [3.63, 3.8) is 0 Å². The van der Waals surface area contributed by atoms with Crippen molar-refractivity contribution in [2.45, 2.75) is 40.2 Å². The third kappa shape index (κ3) is 3.90. The van der Waals surface area contributed by atoms with Crippen molar-refractivity contribution in [2.24, 2.45) is 0 Å². The molecule has 0 bridgehead atoms. The lowest BCUT2D eigenvalue weighted by Gasteiger charge is -2.10. The van der Waals surface area contributed by atoms with Gasteiger partial charge in [-0.1, -0.05) is 6.07 Å². The standard InChI is InChI=1S/C20H20N4O3/c1-12-4-6-18-23-15(10-24(18)9-12)11-27-19(25)7-5-16-13(2)17(8-21)20(26)22-14(16)3/h4,6,9-10H,5,7,11H2,1-3H3,(H,22,26). The summed E-state index contributed by atoms with van der Waals surface area (Å²) in [6.45, 7) is 5.58. The molecule has 0 aromatic carbocycles. The maximum atomic E-state index is 12.1. The van der Waals surface area contributed by atoms with Crippen molar-refractivity contribution in [2.75, 3.05) is 0 Å². The fourth-order valence-corrected chi connectivity index (χ4v) is 3.10. The third-order valence-electron chi connectivity index (χ3n) is 4.53. The summed E-state index contributed by atoms with van der Waals surface area (Å²) in [6, 6.07) is 5.80. The van der Waals surface area contributed by atoms with Crippen LogP contribution in [-0.4, -0.2) is 20.3 Å². The predicted octanol–water partition coefficient (Wildman–Crippen LogP) is 2.50. The summed E-state index contributed by atoms with van der Waals surface area (Å²) < 4.78 is 7.22. The molecule has 3 aromatic rings. The van der Waals surface area contributed by atoms with Gasteiger partial charge in [0.25, 0.3) is 5.56 Å². The SMILES string of the molecule is Cc1ccc2nc(COC(=O)CCc3c(C)[nH]c(=O)c(C#N)c3C)cn2c1. The Morgan fingerprint density at radius 2 is 2.07 bits per heavy atom. The highest BCUT2D eigenvalue weighted by Gasteiger charge is 2.14. The van der Waals surface area contributed by atoms with Gasteiger partial charge < -0.3 is 14.1 Å². The summed E-state index contributed by atoms with van der Waals surface area (Å²) in [5.41, 5.74) is 4.36. The van der Waals surface area contributed by atoms with Crippen molar-refractivity contribution in [3.05, 3.63) is 68.5 Å². The Morgan fingerprint density at radius 3 is 2.81 bits per heavy atom. The molecule has 7 heteroatoms. The summed E-state index contributed by atoms with van der Waals surface area (Å²) in [7, 11) is 0. The summed E-state index contributed by atoms with van der Waals surface area (Å²) >= 11 is 0. The van der Waals surface area contributed by atoms with E-state index in [-0.39, 0.29) is 24.6 Å². The Hall–Kier alpha value is -3.40. The van der Waals surface area contributed by atoms with E-state index < -0.39 is 5.56 Å². The molecule has 3 heterocycles. The molecular weight excluding hydrogens is 344 g/mol. The molecule has 0 aliphatic heterocycles. The maximum absolute atomic E-state index is 12.1. The molecule has 138 valence electrons. The minimum atomic E-state index is -0.402. The average Bonchev–Trinajstić information content (AvgIpc) is 3.01. The van der Waals surface area contributed by atoms with Gasteiger partial charge in [-0.05, 0) is 49.9 Å². The Kier molecular flexibility index (Phi) is 5.08. The molecule has 0 fully saturated rings. The van der Waals surface area contributed by atoms with Gasteiger partial charge in [-0.3, -0.25) is 9.59 Å². The molecule has 7 nitrogen and oxygen atoms in total. The number of rotatable bonds is 5. The number of ether oxygens (including phenoxy) is 1. The third-order valence-corrected chi connectivity index (χ3v) is 4.53. The first-order valence-electron chi connectivity index (χ1n) is 8.61. The van der Waals surface area contributed by atoms with Gasteiger partial charge in [-0.15, -0.1) is 0 Å². The largest absolute Gasteiger partial charge is 0.459 e. The molecule has 0 saturated carbocycles.